The lowest BCUT2D eigenvalue weighted by Crippen LogP contribution is -2.48. The fourth-order valence-electron chi connectivity index (χ4n) is 3.40. The van der Waals surface area contributed by atoms with E-state index in [1.807, 2.05) is 6.92 Å². The second-order valence-corrected chi connectivity index (χ2v) is 11.7. The molecule has 0 radical (unpaired) electrons. The molecule has 1 aromatic carbocycles. The first-order valence-electron chi connectivity index (χ1n) is 10.7. The van der Waals surface area contributed by atoms with Gasteiger partial charge in [0.15, 0.2) is 15.8 Å². The van der Waals surface area contributed by atoms with Crippen LogP contribution >= 0.6 is 0 Å². The van der Waals surface area contributed by atoms with Crippen LogP contribution < -0.4 is 10.6 Å². The Hall–Kier alpha value is -1.60. The fourth-order valence-corrected chi connectivity index (χ4v) is 4.35. The van der Waals surface area contributed by atoms with Crippen LogP contribution in [0.3, 0.4) is 0 Å². The Kier molecular flexibility index (Phi) is 8.52. The molecule has 0 aliphatic carbocycles. The molecule has 0 aromatic heterocycles. The Morgan fingerprint density at radius 1 is 1.24 bits per heavy atom. The van der Waals surface area contributed by atoms with E-state index in [0.717, 1.165) is 39.0 Å². The average molecular weight is 423 g/mol. The van der Waals surface area contributed by atoms with E-state index in [0.29, 0.717) is 12.0 Å². The van der Waals surface area contributed by atoms with Gasteiger partial charge in [0.2, 0.25) is 0 Å². The number of aryl methyl sites for hydroxylation is 1. The van der Waals surface area contributed by atoms with Gasteiger partial charge in [-0.15, -0.1) is 0 Å². The van der Waals surface area contributed by atoms with Crippen molar-refractivity contribution in [2.45, 2.75) is 64.8 Å². The second-order valence-electron chi connectivity index (χ2n) is 8.88. The molecule has 0 atom stereocenters. The maximum absolute atomic E-state index is 12.3. The molecule has 1 aliphatic rings. The first-order valence-corrected chi connectivity index (χ1v) is 12.3. The van der Waals surface area contributed by atoms with Crippen molar-refractivity contribution in [3.8, 4) is 0 Å². The van der Waals surface area contributed by atoms with Crippen molar-refractivity contribution in [2.75, 3.05) is 31.9 Å². The summed E-state index contributed by atoms with van der Waals surface area (Å²) >= 11 is 0. The van der Waals surface area contributed by atoms with Crippen molar-refractivity contribution in [2.24, 2.45) is 4.99 Å². The van der Waals surface area contributed by atoms with Gasteiger partial charge in [0, 0.05) is 32.2 Å². The van der Waals surface area contributed by atoms with Gasteiger partial charge >= 0.3 is 0 Å². The Labute approximate surface area is 177 Å². The number of benzene rings is 1. The molecule has 0 saturated carbocycles. The van der Waals surface area contributed by atoms with E-state index in [1.54, 1.807) is 20.8 Å². The molecule has 0 amide bonds. The van der Waals surface area contributed by atoms with Gasteiger partial charge in [0.1, 0.15) is 0 Å². The first kappa shape index (κ1) is 23.7. The molecular formula is C22H38N4O2S. The number of guanidine groups is 1. The van der Waals surface area contributed by atoms with Crippen LogP contribution in [-0.4, -0.2) is 62.0 Å². The van der Waals surface area contributed by atoms with E-state index in [-0.39, 0.29) is 12.3 Å². The third kappa shape index (κ3) is 7.63. The molecule has 1 aliphatic heterocycles. The molecular weight excluding hydrogens is 384 g/mol. The number of piperidine rings is 1. The van der Waals surface area contributed by atoms with Gasteiger partial charge in [-0.2, -0.15) is 0 Å². The van der Waals surface area contributed by atoms with Gasteiger partial charge in [-0.3, -0.25) is 9.89 Å². The molecule has 1 saturated heterocycles. The molecule has 0 unspecified atom stereocenters. The first-order chi connectivity index (χ1) is 13.6. The minimum atomic E-state index is -3.15. The van der Waals surface area contributed by atoms with Crippen LogP contribution in [-0.2, 0) is 16.4 Å². The zero-order valence-corrected chi connectivity index (χ0v) is 19.5. The van der Waals surface area contributed by atoms with E-state index in [1.165, 1.54) is 11.1 Å². The minimum Gasteiger partial charge on any atom is -0.357 e. The van der Waals surface area contributed by atoms with Gasteiger partial charge in [-0.05, 0) is 53.0 Å². The van der Waals surface area contributed by atoms with E-state index in [2.05, 4.69) is 51.7 Å². The van der Waals surface area contributed by atoms with Crippen LogP contribution in [0.5, 0.6) is 0 Å². The summed E-state index contributed by atoms with van der Waals surface area (Å²) in [6.45, 7) is 13.5. The third-order valence-electron chi connectivity index (χ3n) is 5.32. The fraction of sp³-hybridized carbons (Fsp3) is 0.682. The summed E-state index contributed by atoms with van der Waals surface area (Å²) in [5, 5.41) is 6.74. The zero-order valence-electron chi connectivity index (χ0n) is 18.7. The Balaban J connectivity index is 1.84. The predicted octanol–water partition coefficient (Wildman–Crippen LogP) is 2.73. The molecule has 1 fully saturated rings. The highest BCUT2D eigenvalue weighted by atomic mass is 32.2. The summed E-state index contributed by atoms with van der Waals surface area (Å²) in [5.41, 5.74) is 2.67. The highest BCUT2D eigenvalue weighted by Gasteiger charge is 2.28. The highest BCUT2D eigenvalue weighted by Crippen LogP contribution is 2.16. The molecule has 6 nitrogen and oxygen atoms in total. The third-order valence-corrected chi connectivity index (χ3v) is 7.91. The summed E-state index contributed by atoms with van der Waals surface area (Å²) in [6, 6.07) is 9.07. The molecule has 29 heavy (non-hydrogen) atoms. The number of likely N-dealkylation sites (tertiary alicyclic amines) is 1. The van der Waals surface area contributed by atoms with Crippen molar-refractivity contribution in [3.63, 3.8) is 0 Å². The van der Waals surface area contributed by atoms with Gasteiger partial charge in [-0.25, -0.2) is 8.42 Å². The number of hydrogen-bond acceptors (Lipinski definition) is 4. The molecule has 1 heterocycles. The quantitative estimate of drug-likeness (QED) is 0.522. The van der Waals surface area contributed by atoms with Crippen LogP contribution in [0.1, 0.15) is 51.7 Å². The van der Waals surface area contributed by atoms with Crippen LogP contribution in [0.4, 0.5) is 0 Å². The lowest BCUT2D eigenvalue weighted by molar-refractivity contribution is 0.198. The lowest BCUT2D eigenvalue weighted by atomic mass is 10.0. The molecule has 1 aromatic rings. The van der Waals surface area contributed by atoms with Crippen LogP contribution in [0.25, 0.3) is 0 Å². The Morgan fingerprint density at radius 2 is 1.93 bits per heavy atom. The van der Waals surface area contributed by atoms with Crippen LogP contribution in [0.2, 0.25) is 0 Å². The van der Waals surface area contributed by atoms with E-state index < -0.39 is 14.6 Å². The summed E-state index contributed by atoms with van der Waals surface area (Å²) in [6.07, 6.45) is 2.10. The standard InChI is InChI=1S/C22H38N4O2S/c1-6-23-21(24-12-15-29(27,28)22(3,4)5)25-20-10-13-26(14-11-20)17-19-9-7-8-18(2)16-19/h7-9,16,20H,6,10-15,17H2,1-5H3,(H2,23,24,25). The van der Waals surface area contributed by atoms with Crippen molar-refractivity contribution in [1.29, 1.82) is 0 Å². The van der Waals surface area contributed by atoms with Gasteiger partial charge < -0.3 is 10.6 Å². The van der Waals surface area contributed by atoms with Crippen molar-refractivity contribution >= 4 is 15.8 Å². The number of aliphatic imine (C=N–C) groups is 1. The van der Waals surface area contributed by atoms with Gasteiger partial charge in [0.05, 0.1) is 17.0 Å². The SMILES string of the molecule is CCNC(=NCCS(=O)(=O)C(C)(C)C)NC1CCN(Cc2cccc(C)c2)CC1. The maximum Gasteiger partial charge on any atom is 0.191 e. The normalized spacial score (nSPS) is 17.3. The van der Waals surface area contributed by atoms with E-state index in [9.17, 15) is 8.42 Å². The monoisotopic (exact) mass is 422 g/mol. The summed E-state index contributed by atoms with van der Waals surface area (Å²) in [7, 11) is -3.15. The minimum absolute atomic E-state index is 0.0714. The summed E-state index contributed by atoms with van der Waals surface area (Å²) < 4.78 is 23.8. The number of sulfone groups is 1. The smallest absolute Gasteiger partial charge is 0.191 e. The molecule has 2 N–H and O–H groups in total. The van der Waals surface area contributed by atoms with Gasteiger partial charge in [0.25, 0.3) is 0 Å². The Bertz CT molecular complexity index is 776. The van der Waals surface area contributed by atoms with Crippen molar-refractivity contribution in [3.05, 3.63) is 35.4 Å². The molecule has 0 spiro atoms. The van der Waals surface area contributed by atoms with Gasteiger partial charge in [-0.1, -0.05) is 29.8 Å². The summed E-state index contributed by atoms with van der Waals surface area (Å²) in [4.78, 5) is 7.00. The van der Waals surface area contributed by atoms with Crippen LogP contribution in [0.15, 0.2) is 29.3 Å². The maximum atomic E-state index is 12.3. The van der Waals surface area contributed by atoms with Crippen LogP contribution in [0, 0.1) is 6.92 Å². The highest BCUT2D eigenvalue weighted by molar-refractivity contribution is 7.92. The molecule has 0 bridgehead atoms. The number of hydrogen-bond donors (Lipinski definition) is 2. The topological polar surface area (TPSA) is 73.8 Å². The number of nitrogens with one attached hydrogen (secondary N) is 2. The van der Waals surface area contributed by atoms with Crippen molar-refractivity contribution in [1.82, 2.24) is 15.5 Å². The number of rotatable bonds is 7. The molecule has 7 heteroatoms. The lowest BCUT2D eigenvalue weighted by Gasteiger charge is -2.33. The Morgan fingerprint density at radius 3 is 2.52 bits per heavy atom. The van der Waals surface area contributed by atoms with E-state index in [4.69, 9.17) is 0 Å². The zero-order chi connectivity index (χ0) is 21.5. The largest absolute Gasteiger partial charge is 0.357 e. The molecule has 164 valence electrons. The second kappa shape index (κ2) is 10.4. The summed E-state index contributed by atoms with van der Waals surface area (Å²) in [5.74, 6) is 0.788. The predicted molar refractivity (Wildman–Crippen MR) is 122 cm³/mol. The number of nitrogens with zero attached hydrogens (tertiary/aromatic N) is 2. The molecule has 2 rings (SSSR count). The van der Waals surface area contributed by atoms with Crippen molar-refractivity contribution < 1.29 is 8.42 Å². The average Bonchev–Trinajstić information content (AvgIpc) is 2.62. The van der Waals surface area contributed by atoms with E-state index >= 15 is 0 Å².